The van der Waals surface area contributed by atoms with Gasteiger partial charge in [0.1, 0.15) is 13.2 Å². The van der Waals surface area contributed by atoms with Crippen LogP contribution in [0.1, 0.15) is 36.1 Å². The summed E-state index contributed by atoms with van der Waals surface area (Å²) >= 11 is 0. The van der Waals surface area contributed by atoms with Gasteiger partial charge in [-0.1, -0.05) is 86.6 Å². The van der Waals surface area contributed by atoms with Crippen LogP contribution in [0.25, 0.3) is 0 Å². The van der Waals surface area contributed by atoms with E-state index >= 15 is 0 Å². The quantitative estimate of drug-likeness (QED) is 0.0964. The number of nitro benzene ring substituents is 2. The standard InChI is InChI=1S/C21H18FNO4.C15H16O2.C6H3F2NO2/c1-2-15-8-10-20(21(12-15)26-14-16-6-4-3-5-7-16)27-19-11-9-17(23(24)25)13-18(19)22;1-2-12-8-9-14(16)15(10-12)17-11-13-6-4-3-5-7-13;7-5-2-1-4(9(10)11)3-6(5)8/h3-13H,2,14H2,1H3;3-10,16H,2,11H2,1H3;1-3H. The van der Waals surface area contributed by atoms with Crippen molar-refractivity contribution >= 4 is 11.4 Å². The summed E-state index contributed by atoms with van der Waals surface area (Å²) in [5.74, 6) is -1.64. The zero-order chi connectivity index (χ0) is 39.7. The Balaban J connectivity index is 0.000000204. The Morgan fingerprint density at radius 3 is 1.49 bits per heavy atom. The van der Waals surface area contributed by atoms with Gasteiger partial charge in [-0.25, -0.2) is 13.2 Å². The number of aromatic hydroxyl groups is 1. The van der Waals surface area contributed by atoms with Crippen molar-refractivity contribution in [3.05, 3.63) is 193 Å². The van der Waals surface area contributed by atoms with E-state index in [4.69, 9.17) is 14.2 Å². The van der Waals surface area contributed by atoms with Gasteiger partial charge in [-0.05, 0) is 71.5 Å². The van der Waals surface area contributed by atoms with Gasteiger partial charge in [0.25, 0.3) is 11.4 Å². The highest BCUT2D eigenvalue weighted by atomic mass is 19.2. The van der Waals surface area contributed by atoms with Gasteiger partial charge in [-0.2, -0.15) is 0 Å². The van der Waals surface area contributed by atoms with E-state index in [1.54, 1.807) is 12.1 Å². The zero-order valence-electron chi connectivity index (χ0n) is 29.9. The molecule has 0 fully saturated rings. The fourth-order valence-corrected chi connectivity index (χ4v) is 4.74. The number of aryl methyl sites for hydroxylation is 2. The van der Waals surface area contributed by atoms with Gasteiger partial charge in [0.15, 0.2) is 46.2 Å². The van der Waals surface area contributed by atoms with Crippen molar-refractivity contribution in [2.45, 2.75) is 39.9 Å². The number of hydrogen-bond acceptors (Lipinski definition) is 8. The molecule has 0 aromatic heterocycles. The van der Waals surface area contributed by atoms with Gasteiger partial charge in [0.2, 0.25) is 0 Å². The molecule has 284 valence electrons. The number of nitrogens with zero attached hydrogens (tertiary/aromatic N) is 2. The molecule has 0 radical (unpaired) electrons. The molecule has 0 unspecified atom stereocenters. The third-order valence-corrected chi connectivity index (χ3v) is 7.78. The summed E-state index contributed by atoms with van der Waals surface area (Å²) in [6.07, 6.45) is 1.75. The first-order valence-electron chi connectivity index (χ1n) is 17.0. The molecular formula is C42H37F3N2O8. The predicted molar refractivity (Wildman–Crippen MR) is 201 cm³/mol. The van der Waals surface area contributed by atoms with E-state index in [0.29, 0.717) is 42.6 Å². The number of nitro groups is 2. The predicted octanol–water partition coefficient (Wildman–Crippen LogP) is 11.1. The molecule has 0 atom stereocenters. The Morgan fingerprint density at radius 2 is 0.982 bits per heavy atom. The number of benzene rings is 6. The van der Waals surface area contributed by atoms with E-state index in [2.05, 4.69) is 6.92 Å². The highest BCUT2D eigenvalue weighted by molar-refractivity contribution is 5.47. The van der Waals surface area contributed by atoms with Crippen molar-refractivity contribution in [2.24, 2.45) is 0 Å². The van der Waals surface area contributed by atoms with Gasteiger partial charge in [-0.15, -0.1) is 0 Å². The average molecular weight is 755 g/mol. The Kier molecular flexibility index (Phi) is 15.1. The number of hydrogen-bond donors (Lipinski definition) is 1. The molecule has 0 heterocycles. The molecular weight excluding hydrogens is 717 g/mol. The number of ether oxygens (including phenoxy) is 3. The third kappa shape index (κ3) is 12.6. The van der Waals surface area contributed by atoms with Crippen molar-refractivity contribution in [3.8, 4) is 28.7 Å². The first kappa shape index (κ1) is 40.9. The van der Waals surface area contributed by atoms with Crippen LogP contribution in [0.4, 0.5) is 24.5 Å². The molecule has 6 rings (SSSR count). The normalized spacial score (nSPS) is 10.2. The maximum atomic E-state index is 14.2. The number of halogens is 3. The van der Waals surface area contributed by atoms with E-state index in [0.717, 1.165) is 47.2 Å². The van der Waals surface area contributed by atoms with Gasteiger partial charge < -0.3 is 19.3 Å². The minimum absolute atomic E-state index is 0.102. The number of rotatable bonds is 12. The maximum Gasteiger partial charge on any atom is 0.272 e. The zero-order valence-corrected chi connectivity index (χ0v) is 29.9. The summed E-state index contributed by atoms with van der Waals surface area (Å²) in [5, 5.41) is 30.4. The van der Waals surface area contributed by atoms with E-state index in [-0.39, 0.29) is 17.2 Å². The lowest BCUT2D eigenvalue weighted by Crippen LogP contribution is -1.99. The Morgan fingerprint density at radius 1 is 0.509 bits per heavy atom. The molecule has 0 amide bonds. The second kappa shape index (κ2) is 20.4. The van der Waals surface area contributed by atoms with Crippen molar-refractivity contribution in [3.63, 3.8) is 0 Å². The number of phenolic OH excluding ortho intramolecular Hbond substituents is 1. The molecule has 0 bridgehead atoms. The van der Waals surface area contributed by atoms with Gasteiger partial charge >= 0.3 is 0 Å². The molecule has 6 aromatic carbocycles. The molecule has 10 nitrogen and oxygen atoms in total. The third-order valence-electron chi connectivity index (χ3n) is 7.78. The van der Waals surface area contributed by atoms with Gasteiger partial charge in [0.05, 0.1) is 22.0 Å². The SMILES string of the molecule is CCc1ccc(O)c(OCc2ccccc2)c1.CCc1ccc(Oc2ccc([N+](=O)[O-])cc2F)c(OCc2ccccc2)c1.O=[N+]([O-])c1ccc(F)c(F)c1. The molecule has 0 aliphatic rings. The molecule has 0 aliphatic heterocycles. The summed E-state index contributed by atoms with van der Waals surface area (Å²) in [5.41, 5.74) is 3.51. The molecule has 0 aliphatic carbocycles. The Bertz CT molecular complexity index is 2190. The van der Waals surface area contributed by atoms with Crippen LogP contribution in [0.3, 0.4) is 0 Å². The van der Waals surface area contributed by atoms with Crippen molar-refractivity contribution < 1.29 is 42.3 Å². The average Bonchev–Trinajstić information content (AvgIpc) is 3.20. The minimum atomic E-state index is -1.21. The molecule has 0 spiro atoms. The lowest BCUT2D eigenvalue weighted by molar-refractivity contribution is -0.385. The van der Waals surface area contributed by atoms with Gasteiger partial charge in [-0.3, -0.25) is 20.2 Å². The molecule has 13 heteroatoms. The summed E-state index contributed by atoms with van der Waals surface area (Å²) in [4.78, 5) is 19.3. The van der Waals surface area contributed by atoms with Crippen LogP contribution >= 0.6 is 0 Å². The summed E-state index contributed by atoms with van der Waals surface area (Å²) < 4.78 is 55.7. The second-order valence-corrected chi connectivity index (χ2v) is 11.7. The van der Waals surface area contributed by atoms with Crippen LogP contribution in [0.15, 0.2) is 133 Å². The summed E-state index contributed by atoms with van der Waals surface area (Å²) in [6, 6.07) is 35.9. The molecule has 0 saturated heterocycles. The van der Waals surface area contributed by atoms with E-state index in [1.165, 1.54) is 12.1 Å². The largest absolute Gasteiger partial charge is 0.504 e. The first-order chi connectivity index (χ1) is 26.5. The first-order valence-corrected chi connectivity index (χ1v) is 17.0. The monoisotopic (exact) mass is 754 g/mol. The fourth-order valence-electron chi connectivity index (χ4n) is 4.74. The summed E-state index contributed by atoms with van der Waals surface area (Å²) in [7, 11) is 0. The molecule has 1 N–H and O–H groups in total. The van der Waals surface area contributed by atoms with Crippen molar-refractivity contribution in [1.82, 2.24) is 0 Å². The number of phenols is 1. The number of non-ortho nitro benzene ring substituents is 2. The molecule has 6 aromatic rings. The highest BCUT2D eigenvalue weighted by Gasteiger charge is 2.15. The maximum absolute atomic E-state index is 14.2. The van der Waals surface area contributed by atoms with Crippen LogP contribution in [-0.2, 0) is 26.1 Å². The van der Waals surface area contributed by atoms with E-state index in [9.17, 15) is 38.5 Å². The van der Waals surface area contributed by atoms with Crippen LogP contribution in [-0.4, -0.2) is 15.0 Å². The smallest absolute Gasteiger partial charge is 0.272 e. The summed E-state index contributed by atoms with van der Waals surface area (Å²) in [6.45, 7) is 4.91. The second-order valence-electron chi connectivity index (χ2n) is 11.7. The van der Waals surface area contributed by atoms with Crippen LogP contribution in [0.5, 0.6) is 28.7 Å². The van der Waals surface area contributed by atoms with Crippen molar-refractivity contribution in [1.29, 1.82) is 0 Å². The Hall–Kier alpha value is -6.89. The van der Waals surface area contributed by atoms with Crippen LogP contribution in [0.2, 0.25) is 0 Å². The lowest BCUT2D eigenvalue weighted by Gasteiger charge is -2.14. The molecule has 55 heavy (non-hydrogen) atoms. The fraction of sp³-hybridized carbons (Fsp3) is 0.143. The van der Waals surface area contributed by atoms with Crippen molar-refractivity contribution in [2.75, 3.05) is 0 Å². The topological polar surface area (TPSA) is 134 Å². The van der Waals surface area contributed by atoms with Crippen LogP contribution in [0, 0.1) is 37.7 Å². The lowest BCUT2D eigenvalue weighted by atomic mass is 10.1. The highest BCUT2D eigenvalue weighted by Crippen LogP contribution is 2.35. The van der Waals surface area contributed by atoms with E-state index < -0.39 is 33.0 Å². The van der Waals surface area contributed by atoms with Crippen LogP contribution < -0.4 is 14.2 Å². The van der Waals surface area contributed by atoms with Gasteiger partial charge in [0, 0.05) is 12.1 Å². The molecule has 0 saturated carbocycles. The Labute approximate surface area is 315 Å². The minimum Gasteiger partial charge on any atom is -0.504 e. The van der Waals surface area contributed by atoms with E-state index in [1.807, 2.05) is 91.9 Å².